The van der Waals surface area contributed by atoms with Crippen LogP contribution in [-0.4, -0.2) is 55.0 Å². The van der Waals surface area contributed by atoms with E-state index in [1.54, 1.807) is 6.07 Å². The molecule has 0 saturated carbocycles. The Morgan fingerprint density at radius 1 is 1.38 bits per heavy atom. The molecule has 0 radical (unpaired) electrons. The van der Waals surface area contributed by atoms with Crippen LogP contribution in [0.15, 0.2) is 18.2 Å². The number of ether oxygens (including phenoxy) is 2. The topological polar surface area (TPSA) is 68.0 Å². The van der Waals surface area contributed by atoms with Crippen molar-refractivity contribution in [3.63, 3.8) is 0 Å². The van der Waals surface area contributed by atoms with Crippen molar-refractivity contribution in [1.29, 1.82) is 0 Å². The molecule has 2 rings (SSSR count). The Kier molecular flexibility index (Phi) is 5.45. The Morgan fingerprint density at radius 2 is 2.10 bits per heavy atom. The quantitative estimate of drug-likeness (QED) is 0.830. The van der Waals surface area contributed by atoms with E-state index in [-0.39, 0.29) is 11.3 Å². The van der Waals surface area contributed by atoms with Crippen molar-refractivity contribution in [1.82, 2.24) is 4.90 Å². The van der Waals surface area contributed by atoms with Crippen LogP contribution in [-0.2, 0) is 11.2 Å². The molecule has 1 atom stereocenters. The maximum atomic E-state index is 10.4. The Balaban J connectivity index is 2.19. The molecule has 5 nitrogen and oxygen atoms in total. The van der Waals surface area contributed by atoms with Gasteiger partial charge in [0, 0.05) is 25.2 Å². The van der Waals surface area contributed by atoms with Crippen LogP contribution in [0.3, 0.4) is 0 Å². The molecule has 118 valence electrons. The van der Waals surface area contributed by atoms with Crippen molar-refractivity contribution in [2.24, 2.45) is 5.73 Å². The summed E-state index contributed by atoms with van der Waals surface area (Å²) in [5.74, 6) is 0.767. The Hall–Kier alpha value is -1.30. The first kappa shape index (κ1) is 16.1. The first-order chi connectivity index (χ1) is 10.1. The number of aromatic hydroxyl groups is 1. The molecule has 0 spiro atoms. The summed E-state index contributed by atoms with van der Waals surface area (Å²) in [5.41, 5.74) is 6.72. The number of benzene rings is 1. The molecule has 21 heavy (non-hydrogen) atoms. The lowest BCUT2D eigenvalue weighted by molar-refractivity contribution is -0.0133. The number of phenols is 1. The number of hydrogen-bond acceptors (Lipinski definition) is 5. The van der Waals surface area contributed by atoms with Crippen molar-refractivity contribution in [2.45, 2.75) is 25.8 Å². The maximum Gasteiger partial charge on any atom is 0.161 e. The van der Waals surface area contributed by atoms with Gasteiger partial charge >= 0.3 is 0 Å². The van der Waals surface area contributed by atoms with Gasteiger partial charge < -0.3 is 20.3 Å². The van der Waals surface area contributed by atoms with Crippen molar-refractivity contribution in [3.8, 4) is 11.5 Å². The molecule has 5 heteroatoms. The molecule has 1 aromatic rings. The average molecular weight is 294 g/mol. The van der Waals surface area contributed by atoms with Crippen LogP contribution in [0.5, 0.6) is 11.5 Å². The molecule has 0 aliphatic carbocycles. The SMILES string of the molecule is CCOc1cccc(CC(C)(CN)N2CCOCC2)c1O. The van der Waals surface area contributed by atoms with Gasteiger partial charge in [0.05, 0.1) is 19.8 Å². The number of para-hydroxylation sites is 1. The van der Waals surface area contributed by atoms with Crippen LogP contribution in [0.4, 0.5) is 0 Å². The van der Waals surface area contributed by atoms with Gasteiger partial charge in [-0.1, -0.05) is 12.1 Å². The van der Waals surface area contributed by atoms with Crippen molar-refractivity contribution in [2.75, 3.05) is 39.5 Å². The first-order valence-corrected chi connectivity index (χ1v) is 7.57. The Morgan fingerprint density at radius 3 is 2.71 bits per heavy atom. The number of hydrogen-bond donors (Lipinski definition) is 2. The lowest BCUT2D eigenvalue weighted by atomic mass is 9.90. The third-order valence-corrected chi connectivity index (χ3v) is 4.17. The molecule has 0 bridgehead atoms. The number of morpholine rings is 1. The van der Waals surface area contributed by atoms with Gasteiger partial charge in [-0.3, -0.25) is 4.90 Å². The minimum atomic E-state index is -0.188. The third kappa shape index (κ3) is 3.67. The number of rotatable bonds is 6. The largest absolute Gasteiger partial charge is 0.504 e. The summed E-state index contributed by atoms with van der Waals surface area (Å²) in [6.45, 7) is 8.34. The summed E-state index contributed by atoms with van der Waals surface area (Å²) in [7, 11) is 0. The fourth-order valence-corrected chi connectivity index (χ4v) is 2.81. The lowest BCUT2D eigenvalue weighted by Crippen LogP contribution is -2.56. The molecule has 3 N–H and O–H groups in total. The molecule has 1 heterocycles. The summed E-state index contributed by atoms with van der Waals surface area (Å²) in [4.78, 5) is 2.35. The van der Waals surface area contributed by atoms with Gasteiger partial charge in [0.1, 0.15) is 0 Å². The highest BCUT2D eigenvalue weighted by Gasteiger charge is 2.33. The summed E-state index contributed by atoms with van der Waals surface area (Å²) >= 11 is 0. The van der Waals surface area contributed by atoms with Crippen molar-refractivity contribution < 1.29 is 14.6 Å². The molecule has 1 aliphatic heterocycles. The van der Waals surface area contributed by atoms with Gasteiger partial charge in [0.15, 0.2) is 11.5 Å². The maximum absolute atomic E-state index is 10.4. The average Bonchev–Trinajstić information content (AvgIpc) is 2.52. The summed E-state index contributed by atoms with van der Waals surface area (Å²) in [6.07, 6.45) is 0.691. The predicted molar refractivity (Wildman–Crippen MR) is 82.8 cm³/mol. The molecule has 1 fully saturated rings. The van der Waals surface area contributed by atoms with Gasteiger partial charge in [-0.05, 0) is 31.9 Å². The Bertz CT molecular complexity index is 461. The summed E-state index contributed by atoms with van der Waals surface area (Å²) < 4.78 is 10.9. The minimum absolute atomic E-state index is 0.188. The van der Waals surface area contributed by atoms with Crippen LogP contribution >= 0.6 is 0 Å². The van der Waals surface area contributed by atoms with E-state index >= 15 is 0 Å². The van der Waals surface area contributed by atoms with Gasteiger partial charge in [-0.25, -0.2) is 0 Å². The molecule has 1 aliphatic rings. The van der Waals surface area contributed by atoms with Crippen LogP contribution in [0.2, 0.25) is 0 Å². The van der Waals surface area contributed by atoms with Crippen molar-refractivity contribution >= 4 is 0 Å². The smallest absolute Gasteiger partial charge is 0.161 e. The van der Waals surface area contributed by atoms with E-state index in [0.717, 1.165) is 31.9 Å². The molecular formula is C16H26N2O3. The van der Waals surface area contributed by atoms with Crippen molar-refractivity contribution in [3.05, 3.63) is 23.8 Å². The normalized spacial score (nSPS) is 19.2. The standard InChI is InChI=1S/C16H26N2O3/c1-3-21-14-6-4-5-13(15(14)19)11-16(2,12-17)18-7-9-20-10-8-18/h4-6,19H,3,7-12,17H2,1-2H3. The molecule has 1 saturated heterocycles. The zero-order valence-electron chi connectivity index (χ0n) is 13.0. The van der Waals surface area contributed by atoms with Gasteiger partial charge in [0.25, 0.3) is 0 Å². The first-order valence-electron chi connectivity index (χ1n) is 7.57. The van der Waals surface area contributed by atoms with Crippen LogP contribution in [0.25, 0.3) is 0 Å². The van der Waals surface area contributed by atoms with E-state index < -0.39 is 0 Å². The van der Waals surface area contributed by atoms with Crippen LogP contribution < -0.4 is 10.5 Å². The summed E-state index contributed by atoms with van der Waals surface area (Å²) in [5, 5.41) is 10.4. The molecule has 1 aromatic carbocycles. The number of nitrogens with zero attached hydrogens (tertiary/aromatic N) is 1. The van der Waals surface area contributed by atoms with Gasteiger partial charge in [-0.2, -0.15) is 0 Å². The molecular weight excluding hydrogens is 268 g/mol. The fourth-order valence-electron chi connectivity index (χ4n) is 2.81. The van der Waals surface area contributed by atoms with Crippen LogP contribution in [0, 0.1) is 0 Å². The predicted octanol–water partition coefficient (Wildman–Crippen LogP) is 1.38. The second kappa shape index (κ2) is 7.11. The highest BCUT2D eigenvalue weighted by molar-refractivity contribution is 5.46. The second-order valence-corrected chi connectivity index (χ2v) is 5.67. The highest BCUT2D eigenvalue weighted by atomic mass is 16.5. The zero-order valence-corrected chi connectivity index (χ0v) is 13.0. The van der Waals surface area contributed by atoms with E-state index in [2.05, 4.69) is 11.8 Å². The van der Waals surface area contributed by atoms with E-state index in [0.29, 0.717) is 25.3 Å². The second-order valence-electron chi connectivity index (χ2n) is 5.67. The van der Waals surface area contributed by atoms with E-state index in [1.807, 2.05) is 19.1 Å². The summed E-state index contributed by atoms with van der Waals surface area (Å²) in [6, 6.07) is 5.64. The molecule has 0 aromatic heterocycles. The van der Waals surface area contributed by atoms with E-state index in [9.17, 15) is 5.11 Å². The monoisotopic (exact) mass is 294 g/mol. The lowest BCUT2D eigenvalue weighted by Gasteiger charge is -2.43. The molecule has 1 unspecified atom stereocenters. The zero-order chi connectivity index (χ0) is 15.3. The highest BCUT2D eigenvalue weighted by Crippen LogP contribution is 2.33. The molecule has 0 amide bonds. The number of nitrogens with two attached hydrogens (primary N) is 1. The van der Waals surface area contributed by atoms with Gasteiger partial charge in [0.2, 0.25) is 0 Å². The van der Waals surface area contributed by atoms with Gasteiger partial charge in [-0.15, -0.1) is 0 Å². The minimum Gasteiger partial charge on any atom is -0.504 e. The Labute approximate surface area is 126 Å². The fraction of sp³-hybridized carbons (Fsp3) is 0.625. The van der Waals surface area contributed by atoms with Crippen LogP contribution in [0.1, 0.15) is 19.4 Å². The van der Waals surface area contributed by atoms with E-state index in [4.69, 9.17) is 15.2 Å². The van der Waals surface area contributed by atoms with E-state index in [1.165, 1.54) is 0 Å². The number of phenolic OH excluding ortho intramolecular Hbond substituents is 1. The third-order valence-electron chi connectivity index (χ3n) is 4.17.